The Hall–Kier alpha value is 0.354. The zero-order chi connectivity index (χ0) is 16.6. The Balaban J connectivity index is 2.83. The zero-order valence-corrected chi connectivity index (χ0v) is 18.0. The highest BCUT2D eigenvalue weighted by Gasteiger charge is 2.40. The average Bonchev–Trinajstić information content (AvgIpc) is 2.59. The van der Waals surface area contributed by atoms with Crippen LogP contribution in [0.5, 0.6) is 0 Å². The van der Waals surface area contributed by atoms with E-state index in [9.17, 15) is 0 Å². The lowest BCUT2D eigenvalue weighted by molar-refractivity contribution is 0.00927. The molecule has 1 aliphatic rings. The van der Waals surface area contributed by atoms with Crippen LogP contribution >= 0.6 is 0 Å². The maximum absolute atomic E-state index is 6.85. The second kappa shape index (κ2) is 9.60. The molecule has 0 bridgehead atoms. The molecule has 1 saturated carbocycles. The quantitative estimate of drug-likeness (QED) is 0.430. The van der Waals surface area contributed by atoms with Gasteiger partial charge in [0, 0.05) is 0 Å². The van der Waals surface area contributed by atoms with E-state index < -0.39 is 16.6 Å². The normalized spacial score (nSPS) is 23.7. The summed E-state index contributed by atoms with van der Waals surface area (Å²) in [4.78, 5) is 0. The van der Waals surface area contributed by atoms with Gasteiger partial charge in [-0.05, 0) is 49.1 Å². The standard InChI is InChI=1S/C18H40O2Si2/c1-7-21(8-2,9-3)19-17-15-13-14-16-18(17)20-22(10-4,11-5)12-6/h17-18H,7-16H2,1-6H3/t17-,18-/m1/s1. The van der Waals surface area contributed by atoms with Gasteiger partial charge in [0.1, 0.15) is 0 Å². The lowest BCUT2D eigenvalue weighted by Crippen LogP contribution is -2.50. The Morgan fingerprint density at radius 2 is 0.864 bits per heavy atom. The van der Waals surface area contributed by atoms with E-state index in [0.717, 1.165) is 0 Å². The fourth-order valence-corrected chi connectivity index (χ4v) is 9.80. The fraction of sp³-hybridized carbons (Fsp3) is 1.00. The van der Waals surface area contributed by atoms with Crippen LogP contribution < -0.4 is 0 Å². The van der Waals surface area contributed by atoms with Crippen LogP contribution in [0.1, 0.15) is 67.2 Å². The van der Waals surface area contributed by atoms with Crippen LogP contribution in [0.15, 0.2) is 0 Å². The molecule has 4 heteroatoms. The molecular formula is C18H40O2Si2. The topological polar surface area (TPSA) is 18.5 Å². The van der Waals surface area contributed by atoms with Gasteiger partial charge in [-0.25, -0.2) is 0 Å². The Kier molecular flexibility index (Phi) is 8.90. The van der Waals surface area contributed by atoms with Gasteiger partial charge in [0.25, 0.3) is 0 Å². The maximum Gasteiger partial charge on any atom is 0.192 e. The first kappa shape index (κ1) is 20.4. The third kappa shape index (κ3) is 4.92. The summed E-state index contributed by atoms with van der Waals surface area (Å²) in [5.74, 6) is 0. The van der Waals surface area contributed by atoms with Gasteiger partial charge < -0.3 is 8.85 Å². The third-order valence-electron chi connectivity index (χ3n) is 6.31. The van der Waals surface area contributed by atoms with Crippen molar-refractivity contribution in [3.8, 4) is 0 Å². The molecule has 132 valence electrons. The summed E-state index contributed by atoms with van der Waals surface area (Å²) in [6.07, 6.45) is 5.87. The molecule has 0 spiro atoms. The molecule has 0 heterocycles. The molecule has 0 aromatic rings. The zero-order valence-electron chi connectivity index (χ0n) is 16.0. The van der Waals surface area contributed by atoms with E-state index in [-0.39, 0.29) is 0 Å². The molecule has 0 saturated heterocycles. The van der Waals surface area contributed by atoms with E-state index in [0.29, 0.717) is 12.2 Å². The average molecular weight is 345 g/mol. The van der Waals surface area contributed by atoms with Gasteiger partial charge >= 0.3 is 0 Å². The largest absolute Gasteiger partial charge is 0.411 e. The predicted molar refractivity (Wildman–Crippen MR) is 103 cm³/mol. The first-order chi connectivity index (χ1) is 10.5. The van der Waals surface area contributed by atoms with E-state index in [1.807, 2.05) is 0 Å². The third-order valence-corrected chi connectivity index (χ3v) is 15.6. The molecule has 2 nitrogen and oxygen atoms in total. The molecule has 0 amide bonds. The van der Waals surface area contributed by atoms with E-state index in [4.69, 9.17) is 8.85 Å². The lowest BCUT2D eigenvalue weighted by atomic mass is 9.95. The summed E-state index contributed by atoms with van der Waals surface area (Å²) in [7, 11) is -3.03. The van der Waals surface area contributed by atoms with Gasteiger partial charge in [0.15, 0.2) is 16.6 Å². The van der Waals surface area contributed by atoms with Crippen LogP contribution in [0.3, 0.4) is 0 Å². The van der Waals surface area contributed by atoms with Gasteiger partial charge in [0.05, 0.1) is 12.2 Å². The molecule has 22 heavy (non-hydrogen) atoms. The Morgan fingerprint density at radius 1 is 0.591 bits per heavy atom. The van der Waals surface area contributed by atoms with Crippen molar-refractivity contribution in [2.24, 2.45) is 0 Å². The number of hydrogen-bond donors (Lipinski definition) is 0. The van der Waals surface area contributed by atoms with Gasteiger partial charge in [0.2, 0.25) is 0 Å². The highest BCUT2D eigenvalue weighted by atomic mass is 28.4. The summed E-state index contributed by atoms with van der Waals surface area (Å²) < 4.78 is 13.7. The van der Waals surface area contributed by atoms with Gasteiger partial charge in [-0.2, -0.15) is 0 Å². The summed E-state index contributed by atoms with van der Waals surface area (Å²) in [6, 6.07) is 7.51. The maximum atomic E-state index is 6.85. The summed E-state index contributed by atoms with van der Waals surface area (Å²) in [6.45, 7) is 14.0. The minimum Gasteiger partial charge on any atom is -0.411 e. The Bertz CT molecular complexity index is 255. The molecule has 1 aliphatic carbocycles. The second-order valence-corrected chi connectivity index (χ2v) is 16.5. The fourth-order valence-electron chi connectivity index (χ4n) is 3.97. The van der Waals surface area contributed by atoms with Gasteiger partial charge in [-0.3, -0.25) is 0 Å². The first-order valence-electron chi connectivity index (χ1n) is 9.89. The molecule has 0 unspecified atom stereocenters. The molecule has 0 radical (unpaired) electrons. The van der Waals surface area contributed by atoms with E-state index >= 15 is 0 Å². The van der Waals surface area contributed by atoms with Crippen molar-refractivity contribution in [2.45, 2.75) is 116 Å². The van der Waals surface area contributed by atoms with Crippen molar-refractivity contribution < 1.29 is 8.85 Å². The Morgan fingerprint density at radius 3 is 1.09 bits per heavy atom. The lowest BCUT2D eigenvalue weighted by Gasteiger charge is -2.43. The van der Waals surface area contributed by atoms with E-state index in [2.05, 4.69) is 41.5 Å². The summed E-state index contributed by atoms with van der Waals surface area (Å²) >= 11 is 0. The van der Waals surface area contributed by atoms with E-state index in [1.54, 1.807) is 0 Å². The second-order valence-electron chi connectivity index (χ2n) is 7.08. The van der Waals surface area contributed by atoms with Crippen molar-refractivity contribution in [1.82, 2.24) is 0 Å². The van der Waals surface area contributed by atoms with Crippen molar-refractivity contribution in [3.63, 3.8) is 0 Å². The molecule has 0 N–H and O–H groups in total. The highest BCUT2D eigenvalue weighted by molar-refractivity contribution is 6.74. The van der Waals surface area contributed by atoms with Crippen molar-refractivity contribution in [3.05, 3.63) is 0 Å². The molecule has 2 atom stereocenters. The molecule has 0 aromatic carbocycles. The van der Waals surface area contributed by atoms with E-state index in [1.165, 1.54) is 61.9 Å². The van der Waals surface area contributed by atoms with Crippen molar-refractivity contribution in [1.29, 1.82) is 0 Å². The van der Waals surface area contributed by atoms with Crippen LogP contribution in [-0.2, 0) is 8.85 Å². The number of hydrogen-bond acceptors (Lipinski definition) is 2. The number of rotatable bonds is 10. The SMILES string of the molecule is CC[Si](CC)(CC)O[C@@H]1CCCC[C@H]1O[Si](CC)(CC)CC. The monoisotopic (exact) mass is 344 g/mol. The van der Waals surface area contributed by atoms with Crippen LogP contribution in [0.2, 0.25) is 36.3 Å². The molecule has 0 aromatic heterocycles. The van der Waals surface area contributed by atoms with Crippen molar-refractivity contribution >= 4 is 16.6 Å². The predicted octanol–water partition coefficient (Wildman–Crippen LogP) is 6.34. The van der Waals surface area contributed by atoms with Gasteiger partial charge in [-0.15, -0.1) is 0 Å². The summed E-state index contributed by atoms with van der Waals surface area (Å²) in [5, 5.41) is 0. The van der Waals surface area contributed by atoms with Crippen LogP contribution in [-0.4, -0.2) is 28.8 Å². The molecule has 0 aliphatic heterocycles. The van der Waals surface area contributed by atoms with Crippen LogP contribution in [0, 0.1) is 0 Å². The summed E-state index contributed by atoms with van der Waals surface area (Å²) in [5.41, 5.74) is 0. The molecule has 1 fully saturated rings. The van der Waals surface area contributed by atoms with Crippen LogP contribution in [0.25, 0.3) is 0 Å². The minimum absolute atomic E-state index is 0.386. The van der Waals surface area contributed by atoms with Gasteiger partial charge in [-0.1, -0.05) is 54.4 Å². The molecular weight excluding hydrogens is 304 g/mol. The smallest absolute Gasteiger partial charge is 0.192 e. The highest BCUT2D eigenvalue weighted by Crippen LogP contribution is 2.34. The molecule has 1 rings (SSSR count). The first-order valence-corrected chi connectivity index (χ1v) is 15.0. The van der Waals surface area contributed by atoms with Crippen molar-refractivity contribution in [2.75, 3.05) is 0 Å². The Labute approximate surface area is 141 Å². The van der Waals surface area contributed by atoms with Crippen LogP contribution in [0.4, 0.5) is 0 Å². The minimum atomic E-state index is -1.52.